The summed E-state index contributed by atoms with van der Waals surface area (Å²) in [5.74, 6) is -0.0697. The molecule has 1 aromatic heterocycles. The van der Waals surface area contributed by atoms with Crippen LogP contribution in [0.4, 0.5) is 10.1 Å². The Morgan fingerprint density at radius 2 is 1.87 bits per heavy atom. The summed E-state index contributed by atoms with van der Waals surface area (Å²) in [6.07, 6.45) is 2.13. The zero-order chi connectivity index (χ0) is 32.8. The van der Waals surface area contributed by atoms with Crippen LogP contribution in [0.2, 0.25) is 0 Å². The maximum absolute atomic E-state index is 15.0. The summed E-state index contributed by atoms with van der Waals surface area (Å²) in [5, 5.41) is 23.1. The Hall–Kier alpha value is -4.12. The minimum atomic E-state index is -1.32. The van der Waals surface area contributed by atoms with E-state index in [0.29, 0.717) is 35.8 Å². The quantitative estimate of drug-likeness (QED) is 0.393. The third kappa shape index (κ3) is 6.22. The van der Waals surface area contributed by atoms with Crippen molar-refractivity contribution in [3.05, 3.63) is 62.2 Å². The van der Waals surface area contributed by atoms with E-state index in [9.17, 15) is 24.2 Å². The van der Waals surface area contributed by atoms with E-state index < -0.39 is 17.2 Å². The van der Waals surface area contributed by atoms with Crippen molar-refractivity contribution in [1.82, 2.24) is 14.8 Å². The van der Waals surface area contributed by atoms with Gasteiger partial charge in [-0.15, -0.1) is 0 Å². The molecule has 1 atom stereocenters. The standard InChI is InChI=1S/C18H20FN3O4.C16H24N2O/c1-10-9-26-17-14-11(16(23)12(18(24)25)8-22(10)14)7-13(19)15(17)21-5-3-20(2)4-6-21;1-10-8-13(16(3,4)5)15(19)11(2)12(10)9-14-17-6-7-18-14/h7-8,10H,3-6,9H2,1-2H3,(H,24,25);8,19H,6-7,9H2,1-5H3,(H,17,18). The third-order valence-electron chi connectivity index (χ3n) is 8.99. The zero-order valence-corrected chi connectivity index (χ0v) is 27.3. The molecule has 45 heavy (non-hydrogen) atoms. The smallest absolute Gasteiger partial charge is 0.341 e. The Morgan fingerprint density at radius 3 is 2.47 bits per heavy atom. The molecule has 1 saturated heterocycles. The molecule has 4 heterocycles. The number of amidine groups is 1. The van der Waals surface area contributed by atoms with Gasteiger partial charge in [0.1, 0.15) is 29.4 Å². The fourth-order valence-corrected chi connectivity index (χ4v) is 6.28. The number of ether oxygens (including phenoxy) is 1. The number of aromatic carboxylic acids is 1. The highest BCUT2D eigenvalue weighted by Crippen LogP contribution is 2.42. The van der Waals surface area contributed by atoms with E-state index in [-0.39, 0.29) is 29.0 Å². The molecule has 3 N–H and O–H groups in total. The topological polar surface area (TPSA) is 120 Å². The van der Waals surface area contributed by atoms with Crippen LogP contribution in [0, 0.1) is 19.7 Å². The number of halogens is 1. The van der Waals surface area contributed by atoms with Gasteiger partial charge < -0.3 is 34.6 Å². The van der Waals surface area contributed by atoms with E-state index in [1.807, 2.05) is 25.8 Å². The van der Waals surface area contributed by atoms with E-state index in [2.05, 4.69) is 49.0 Å². The predicted molar refractivity (Wildman–Crippen MR) is 175 cm³/mol. The van der Waals surface area contributed by atoms with Gasteiger partial charge in [0.15, 0.2) is 11.6 Å². The number of carbonyl (C=O) groups is 1. The lowest BCUT2D eigenvalue weighted by Crippen LogP contribution is -2.45. The van der Waals surface area contributed by atoms with Crippen molar-refractivity contribution >= 4 is 28.4 Å². The van der Waals surface area contributed by atoms with Crippen LogP contribution in [-0.2, 0) is 11.8 Å². The number of nitrogens with zero attached hydrogens (tertiary/aromatic N) is 4. The number of phenolic OH excluding ortho intramolecular Hbond substituents is 1. The molecule has 6 rings (SSSR count). The maximum atomic E-state index is 15.0. The van der Waals surface area contributed by atoms with Crippen molar-refractivity contribution in [1.29, 1.82) is 0 Å². The summed E-state index contributed by atoms with van der Waals surface area (Å²) in [7, 11) is 2.02. The molecule has 0 amide bonds. The number of carboxylic acid groups (broad SMARTS) is 1. The van der Waals surface area contributed by atoms with Crippen LogP contribution < -0.4 is 20.4 Å². The molecule has 3 aromatic rings. The molecular weight excluding hydrogens is 577 g/mol. The van der Waals surface area contributed by atoms with Gasteiger partial charge in [-0.2, -0.15) is 0 Å². The minimum Gasteiger partial charge on any atom is -0.507 e. The number of nitrogens with one attached hydrogen (secondary N) is 1. The predicted octanol–water partition coefficient (Wildman–Crippen LogP) is 4.39. The van der Waals surface area contributed by atoms with Gasteiger partial charge in [-0.05, 0) is 61.6 Å². The second-order valence-electron chi connectivity index (χ2n) is 13.3. The van der Waals surface area contributed by atoms with Crippen LogP contribution in [0.3, 0.4) is 0 Å². The highest BCUT2D eigenvalue weighted by molar-refractivity contribution is 5.97. The summed E-state index contributed by atoms with van der Waals surface area (Å²) in [4.78, 5) is 32.5. The first kappa shape index (κ1) is 32.3. The monoisotopic (exact) mass is 621 g/mol. The summed E-state index contributed by atoms with van der Waals surface area (Å²) in [6, 6.07) is 3.11. The molecule has 2 aromatic carbocycles. The number of carboxylic acids is 1. The fraction of sp³-hybridized carbons (Fsp3) is 0.500. The van der Waals surface area contributed by atoms with Crippen molar-refractivity contribution in [3.8, 4) is 11.5 Å². The summed E-state index contributed by atoms with van der Waals surface area (Å²) >= 11 is 0. The number of benzene rings is 2. The number of phenols is 1. The molecule has 3 aliphatic heterocycles. The Labute approximate surface area is 263 Å². The molecule has 10 nitrogen and oxygen atoms in total. The lowest BCUT2D eigenvalue weighted by molar-refractivity contribution is 0.0694. The van der Waals surface area contributed by atoms with Gasteiger partial charge in [0.2, 0.25) is 5.43 Å². The summed E-state index contributed by atoms with van der Waals surface area (Å²) in [5.41, 5.74) is 4.17. The molecule has 242 valence electrons. The van der Waals surface area contributed by atoms with E-state index in [1.54, 1.807) is 4.57 Å². The molecule has 0 saturated carbocycles. The molecule has 1 fully saturated rings. The largest absolute Gasteiger partial charge is 0.507 e. The molecular formula is C34H44FN5O5. The van der Waals surface area contributed by atoms with Gasteiger partial charge >= 0.3 is 5.97 Å². The first-order valence-electron chi connectivity index (χ1n) is 15.5. The first-order valence-corrected chi connectivity index (χ1v) is 15.5. The van der Waals surface area contributed by atoms with Gasteiger partial charge in [0, 0.05) is 45.3 Å². The number of likely N-dealkylation sites (N-methyl/N-ethyl adjacent to an activating group) is 1. The zero-order valence-electron chi connectivity index (χ0n) is 27.3. The van der Waals surface area contributed by atoms with Crippen molar-refractivity contribution in [2.24, 2.45) is 4.99 Å². The highest BCUT2D eigenvalue weighted by atomic mass is 19.1. The molecule has 0 radical (unpaired) electrons. The number of piperazine rings is 1. The average Bonchev–Trinajstić information content (AvgIpc) is 3.49. The number of aliphatic imine (C=N–C) groups is 1. The number of hydrogen-bond donors (Lipinski definition) is 3. The minimum absolute atomic E-state index is 0.0404. The molecule has 1 unspecified atom stereocenters. The number of aryl methyl sites for hydroxylation is 1. The van der Waals surface area contributed by atoms with E-state index in [4.69, 9.17) is 4.74 Å². The summed E-state index contributed by atoms with van der Waals surface area (Å²) < 4.78 is 22.6. The third-order valence-corrected chi connectivity index (χ3v) is 8.99. The van der Waals surface area contributed by atoms with Crippen molar-refractivity contribution in [2.75, 3.05) is 57.8 Å². The van der Waals surface area contributed by atoms with E-state index >= 15 is 0 Å². The lowest BCUT2D eigenvalue weighted by Gasteiger charge is -2.37. The second-order valence-corrected chi connectivity index (χ2v) is 13.3. The van der Waals surface area contributed by atoms with Gasteiger partial charge in [0.05, 0.1) is 23.5 Å². The highest BCUT2D eigenvalue weighted by Gasteiger charge is 2.31. The maximum Gasteiger partial charge on any atom is 0.341 e. The molecule has 0 bridgehead atoms. The number of rotatable bonds is 4. The Morgan fingerprint density at radius 1 is 1.18 bits per heavy atom. The molecule has 11 heteroatoms. The van der Waals surface area contributed by atoms with Crippen LogP contribution >= 0.6 is 0 Å². The number of aromatic nitrogens is 1. The van der Waals surface area contributed by atoms with Gasteiger partial charge in [-0.1, -0.05) is 26.8 Å². The van der Waals surface area contributed by atoms with Crippen LogP contribution in [0.1, 0.15) is 66.3 Å². The molecule has 3 aliphatic rings. The van der Waals surface area contributed by atoms with Crippen LogP contribution in [0.15, 0.2) is 28.1 Å². The number of hydrogen-bond acceptors (Lipinski definition) is 8. The Bertz CT molecular complexity index is 1730. The van der Waals surface area contributed by atoms with E-state index in [1.165, 1.54) is 17.3 Å². The summed E-state index contributed by atoms with van der Waals surface area (Å²) in [6.45, 7) is 17.4. The Kier molecular flexibility index (Phi) is 8.86. The van der Waals surface area contributed by atoms with Crippen molar-refractivity contribution in [3.63, 3.8) is 0 Å². The van der Waals surface area contributed by atoms with Gasteiger partial charge in [-0.3, -0.25) is 9.79 Å². The lowest BCUT2D eigenvalue weighted by atomic mass is 9.82. The van der Waals surface area contributed by atoms with Gasteiger partial charge in [-0.25, -0.2) is 9.18 Å². The molecule has 0 aliphatic carbocycles. The SMILES string of the molecule is CC1COc2c(N3CCN(C)CC3)c(F)cc3c(=O)c(C(=O)O)cn1c23.Cc1cc(C(C)(C)C)c(O)c(C)c1CC1=NCCN1. The van der Waals surface area contributed by atoms with Crippen molar-refractivity contribution < 1.29 is 24.1 Å². The van der Waals surface area contributed by atoms with Crippen LogP contribution in [0.25, 0.3) is 10.9 Å². The van der Waals surface area contributed by atoms with Crippen molar-refractivity contribution in [2.45, 2.75) is 59.4 Å². The number of aromatic hydroxyl groups is 1. The molecule has 0 spiro atoms. The van der Waals surface area contributed by atoms with E-state index in [0.717, 1.165) is 55.6 Å². The number of pyridine rings is 1. The average molecular weight is 622 g/mol. The van der Waals surface area contributed by atoms with Crippen LogP contribution in [-0.4, -0.2) is 84.4 Å². The fourth-order valence-electron chi connectivity index (χ4n) is 6.28. The first-order chi connectivity index (χ1) is 21.2. The normalized spacial score (nSPS) is 18.2. The second kappa shape index (κ2) is 12.3. The Balaban J connectivity index is 0.000000187. The number of anilines is 1. The van der Waals surface area contributed by atoms with Crippen LogP contribution in [0.5, 0.6) is 11.5 Å². The van der Waals surface area contributed by atoms with Gasteiger partial charge in [0.25, 0.3) is 0 Å².